The Morgan fingerprint density at radius 1 is 1.56 bits per heavy atom. The number of nitrogens with zero attached hydrogens (tertiary/aromatic N) is 1. The Morgan fingerprint density at radius 2 is 2.28 bits per heavy atom. The van der Waals surface area contributed by atoms with E-state index in [1.54, 1.807) is 0 Å². The van der Waals surface area contributed by atoms with Crippen molar-refractivity contribution in [3.05, 3.63) is 21.9 Å². The molecule has 0 bridgehead atoms. The highest BCUT2D eigenvalue weighted by molar-refractivity contribution is 7.11. The standard InChI is InChI=1S/C14H23N3S/c1-9-7-13(9)17-14(15-4)16-10(2)8-12-6-5-11(3)18-12/h5-6,9-10,13H,7-8H2,1-4H3,(H2,15,16,17). The summed E-state index contributed by atoms with van der Waals surface area (Å²) in [6.45, 7) is 6.63. The maximum Gasteiger partial charge on any atom is 0.191 e. The molecule has 18 heavy (non-hydrogen) atoms. The number of aliphatic imine (C=N–C) groups is 1. The van der Waals surface area contributed by atoms with Crippen molar-refractivity contribution in [2.75, 3.05) is 7.05 Å². The van der Waals surface area contributed by atoms with Gasteiger partial charge in [0.1, 0.15) is 0 Å². The van der Waals surface area contributed by atoms with Crippen molar-refractivity contribution in [3.63, 3.8) is 0 Å². The number of thiophene rings is 1. The summed E-state index contributed by atoms with van der Waals surface area (Å²) in [7, 11) is 1.84. The molecule has 0 amide bonds. The summed E-state index contributed by atoms with van der Waals surface area (Å²) in [5.74, 6) is 1.73. The first kappa shape index (κ1) is 13.4. The first-order chi connectivity index (χ1) is 8.58. The maximum atomic E-state index is 4.29. The molecule has 2 rings (SSSR count). The molecular formula is C14H23N3S. The fourth-order valence-corrected chi connectivity index (χ4v) is 3.07. The van der Waals surface area contributed by atoms with Crippen LogP contribution in [0, 0.1) is 12.8 Å². The van der Waals surface area contributed by atoms with Crippen LogP contribution in [0.5, 0.6) is 0 Å². The number of guanidine groups is 1. The van der Waals surface area contributed by atoms with Gasteiger partial charge in [-0.2, -0.15) is 0 Å². The molecule has 1 heterocycles. The van der Waals surface area contributed by atoms with Crippen molar-refractivity contribution in [1.29, 1.82) is 0 Å². The van der Waals surface area contributed by atoms with Crippen molar-refractivity contribution in [2.45, 2.75) is 45.7 Å². The Bertz CT molecular complexity index is 424. The molecule has 1 aromatic heterocycles. The Labute approximate surface area is 114 Å². The molecule has 1 aliphatic rings. The molecule has 3 atom stereocenters. The summed E-state index contributed by atoms with van der Waals surface area (Å²) in [4.78, 5) is 7.10. The van der Waals surface area contributed by atoms with Crippen LogP contribution in [0.2, 0.25) is 0 Å². The average Bonchev–Trinajstić information content (AvgIpc) is 2.84. The van der Waals surface area contributed by atoms with E-state index in [4.69, 9.17) is 0 Å². The lowest BCUT2D eigenvalue weighted by Crippen LogP contribution is -2.44. The van der Waals surface area contributed by atoms with Crippen LogP contribution in [0.25, 0.3) is 0 Å². The normalized spacial score (nSPS) is 24.8. The maximum absolute atomic E-state index is 4.29. The van der Waals surface area contributed by atoms with E-state index in [-0.39, 0.29) is 0 Å². The van der Waals surface area contributed by atoms with Crippen molar-refractivity contribution in [1.82, 2.24) is 10.6 Å². The molecule has 0 aromatic carbocycles. The van der Waals surface area contributed by atoms with E-state index in [0.717, 1.165) is 18.3 Å². The second kappa shape index (κ2) is 5.74. The van der Waals surface area contributed by atoms with Crippen LogP contribution in [0.4, 0.5) is 0 Å². The van der Waals surface area contributed by atoms with Crippen LogP contribution in [-0.4, -0.2) is 25.1 Å². The summed E-state index contributed by atoms with van der Waals surface area (Å²) in [5, 5.41) is 6.92. The van der Waals surface area contributed by atoms with Crippen LogP contribution in [-0.2, 0) is 6.42 Å². The third-order valence-corrected chi connectivity index (χ3v) is 4.36. The molecule has 3 unspecified atom stereocenters. The molecular weight excluding hydrogens is 242 g/mol. The predicted molar refractivity (Wildman–Crippen MR) is 79.4 cm³/mol. The van der Waals surface area contributed by atoms with E-state index < -0.39 is 0 Å². The molecule has 100 valence electrons. The zero-order valence-corrected chi connectivity index (χ0v) is 12.5. The lowest BCUT2D eigenvalue weighted by Gasteiger charge is -2.17. The van der Waals surface area contributed by atoms with Gasteiger partial charge < -0.3 is 10.6 Å². The van der Waals surface area contributed by atoms with Crippen LogP contribution in [0.3, 0.4) is 0 Å². The Morgan fingerprint density at radius 3 is 2.78 bits per heavy atom. The minimum atomic E-state index is 0.406. The predicted octanol–water partition coefficient (Wildman–Crippen LogP) is 2.56. The molecule has 4 heteroatoms. The van der Waals surface area contributed by atoms with E-state index in [1.165, 1.54) is 16.2 Å². The molecule has 0 aliphatic heterocycles. The number of hydrogen-bond acceptors (Lipinski definition) is 2. The van der Waals surface area contributed by atoms with Crippen LogP contribution in [0.1, 0.15) is 30.0 Å². The van der Waals surface area contributed by atoms with E-state index in [0.29, 0.717) is 12.1 Å². The third kappa shape index (κ3) is 3.73. The van der Waals surface area contributed by atoms with Gasteiger partial charge in [0.25, 0.3) is 0 Å². The molecule has 0 spiro atoms. The number of aryl methyl sites for hydroxylation is 1. The zero-order chi connectivity index (χ0) is 13.1. The van der Waals surface area contributed by atoms with Gasteiger partial charge in [-0.1, -0.05) is 6.92 Å². The fourth-order valence-electron chi connectivity index (χ4n) is 2.05. The van der Waals surface area contributed by atoms with Gasteiger partial charge in [-0.15, -0.1) is 11.3 Å². The Kier molecular flexibility index (Phi) is 4.27. The molecule has 1 saturated carbocycles. The SMILES string of the molecule is CN=C(NC(C)Cc1ccc(C)s1)NC1CC1C. The molecule has 1 aromatic rings. The number of rotatable bonds is 4. The summed E-state index contributed by atoms with van der Waals surface area (Å²) in [5.41, 5.74) is 0. The van der Waals surface area contributed by atoms with Crippen molar-refractivity contribution >= 4 is 17.3 Å². The summed E-state index contributed by atoms with van der Waals surface area (Å²) in [6.07, 6.45) is 2.32. The Hall–Kier alpha value is -1.03. The van der Waals surface area contributed by atoms with E-state index in [9.17, 15) is 0 Å². The van der Waals surface area contributed by atoms with E-state index >= 15 is 0 Å². The smallest absolute Gasteiger partial charge is 0.191 e. The number of hydrogen-bond donors (Lipinski definition) is 2. The van der Waals surface area contributed by atoms with Gasteiger partial charge in [-0.25, -0.2) is 0 Å². The Balaban J connectivity index is 1.80. The van der Waals surface area contributed by atoms with Gasteiger partial charge in [0, 0.05) is 35.3 Å². The second-order valence-corrected chi connectivity index (χ2v) is 6.67. The number of nitrogens with one attached hydrogen (secondary N) is 2. The second-order valence-electron chi connectivity index (χ2n) is 5.30. The molecule has 1 aliphatic carbocycles. The quantitative estimate of drug-likeness (QED) is 0.648. The summed E-state index contributed by atoms with van der Waals surface area (Å²) < 4.78 is 0. The molecule has 3 nitrogen and oxygen atoms in total. The highest BCUT2D eigenvalue weighted by Gasteiger charge is 2.33. The van der Waals surface area contributed by atoms with E-state index in [2.05, 4.69) is 48.5 Å². The summed E-state index contributed by atoms with van der Waals surface area (Å²) >= 11 is 1.88. The topological polar surface area (TPSA) is 36.4 Å². The minimum absolute atomic E-state index is 0.406. The van der Waals surface area contributed by atoms with Gasteiger partial charge in [-0.05, 0) is 38.3 Å². The first-order valence-electron chi connectivity index (χ1n) is 6.63. The molecule has 2 N–H and O–H groups in total. The molecule has 1 fully saturated rings. The van der Waals surface area contributed by atoms with Crippen molar-refractivity contribution in [3.8, 4) is 0 Å². The van der Waals surface area contributed by atoms with E-state index in [1.807, 2.05) is 18.4 Å². The monoisotopic (exact) mass is 265 g/mol. The lowest BCUT2D eigenvalue weighted by molar-refractivity contribution is 0.640. The highest BCUT2D eigenvalue weighted by atomic mass is 32.1. The first-order valence-corrected chi connectivity index (χ1v) is 7.45. The van der Waals surface area contributed by atoms with Crippen LogP contribution >= 0.6 is 11.3 Å². The van der Waals surface area contributed by atoms with Gasteiger partial charge in [0.2, 0.25) is 0 Å². The van der Waals surface area contributed by atoms with Crippen LogP contribution in [0.15, 0.2) is 17.1 Å². The van der Waals surface area contributed by atoms with Gasteiger partial charge in [0.05, 0.1) is 0 Å². The largest absolute Gasteiger partial charge is 0.354 e. The molecule has 0 radical (unpaired) electrons. The van der Waals surface area contributed by atoms with Crippen molar-refractivity contribution < 1.29 is 0 Å². The average molecular weight is 265 g/mol. The van der Waals surface area contributed by atoms with Gasteiger partial charge >= 0.3 is 0 Å². The molecule has 0 saturated heterocycles. The van der Waals surface area contributed by atoms with Gasteiger partial charge in [-0.3, -0.25) is 4.99 Å². The minimum Gasteiger partial charge on any atom is -0.354 e. The highest BCUT2D eigenvalue weighted by Crippen LogP contribution is 2.28. The fraction of sp³-hybridized carbons (Fsp3) is 0.643. The third-order valence-electron chi connectivity index (χ3n) is 3.34. The van der Waals surface area contributed by atoms with Crippen molar-refractivity contribution in [2.24, 2.45) is 10.9 Å². The van der Waals surface area contributed by atoms with Gasteiger partial charge in [0.15, 0.2) is 5.96 Å². The summed E-state index contributed by atoms with van der Waals surface area (Å²) in [6, 6.07) is 5.43. The zero-order valence-electron chi connectivity index (χ0n) is 11.7. The lowest BCUT2D eigenvalue weighted by atomic mass is 10.2. The van der Waals surface area contributed by atoms with Crippen LogP contribution < -0.4 is 10.6 Å².